The van der Waals surface area contributed by atoms with Gasteiger partial charge in [-0.25, -0.2) is 0 Å². The molecule has 1 heterocycles. The number of aryl methyl sites for hydroxylation is 2. The van der Waals surface area contributed by atoms with E-state index < -0.39 is 0 Å². The third kappa shape index (κ3) is 1.88. The van der Waals surface area contributed by atoms with E-state index in [0.717, 1.165) is 0 Å². The van der Waals surface area contributed by atoms with Crippen LogP contribution in [-0.2, 0) is 12.8 Å². The van der Waals surface area contributed by atoms with Crippen molar-refractivity contribution in [1.29, 1.82) is 0 Å². The van der Waals surface area contributed by atoms with Gasteiger partial charge in [0.15, 0.2) is 0 Å². The third-order valence-corrected chi connectivity index (χ3v) is 5.31. The number of thiophene rings is 1. The Hall–Kier alpha value is -1.64. The van der Waals surface area contributed by atoms with Crippen molar-refractivity contribution < 1.29 is 0 Å². The Morgan fingerprint density at radius 1 is 1.00 bits per heavy atom. The molecule has 0 aliphatic heterocycles. The van der Waals surface area contributed by atoms with E-state index in [1.165, 1.54) is 51.6 Å². The van der Waals surface area contributed by atoms with E-state index in [2.05, 4.69) is 47.8 Å². The van der Waals surface area contributed by atoms with Crippen molar-refractivity contribution in [1.82, 2.24) is 0 Å². The van der Waals surface area contributed by atoms with Gasteiger partial charge in [0.1, 0.15) is 0 Å². The smallest absolute Gasteiger partial charge is 0.0565 e. The average molecular weight is 279 g/mol. The van der Waals surface area contributed by atoms with Crippen molar-refractivity contribution >= 4 is 21.4 Å². The number of fused-ring (bicyclic) bond motifs is 2. The minimum absolute atomic E-state index is 0.0248. The van der Waals surface area contributed by atoms with Crippen LogP contribution in [0.1, 0.15) is 34.7 Å². The van der Waals surface area contributed by atoms with Gasteiger partial charge in [0.25, 0.3) is 0 Å². The zero-order chi connectivity index (χ0) is 13.5. The summed E-state index contributed by atoms with van der Waals surface area (Å²) < 4.78 is 1.32. The maximum Gasteiger partial charge on any atom is 0.0565 e. The number of benzene rings is 2. The van der Waals surface area contributed by atoms with Crippen molar-refractivity contribution in [2.24, 2.45) is 5.73 Å². The molecule has 0 amide bonds. The van der Waals surface area contributed by atoms with E-state index in [1.807, 2.05) is 0 Å². The van der Waals surface area contributed by atoms with Crippen LogP contribution in [0.25, 0.3) is 10.1 Å². The molecule has 1 atom stereocenters. The molecule has 0 saturated carbocycles. The summed E-state index contributed by atoms with van der Waals surface area (Å²) in [4.78, 5) is 0. The standard InChI is InChI=1S/C18H17NS/c19-17(15-8-7-12-3-1-5-14(12)11-15)16-6-2-4-13-9-10-20-18(13)16/h2,4,6-11,17H,1,3,5,19H2. The lowest BCUT2D eigenvalue weighted by molar-refractivity contribution is 0.877. The highest BCUT2D eigenvalue weighted by Gasteiger charge is 2.16. The van der Waals surface area contributed by atoms with Gasteiger partial charge in [-0.2, -0.15) is 0 Å². The van der Waals surface area contributed by atoms with Crippen molar-refractivity contribution in [2.45, 2.75) is 25.3 Å². The molecule has 2 heteroatoms. The van der Waals surface area contributed by atoms with Gasteiger partial charge >= 0.3 is 0 Å². The molecule has 2 aromatic carbocycles. The Labute approximate surface area is 123 Å². The maximum atomic E-state index is 6.54. The van der Waals surface area contributed by atoms with Gasteiger partial charge in [0, 0.05) is 4.70 Å². The van der Waals surface area contributed by atoms with Gasteiger partial charge in [0.2, 0.25) is 0 Å². The number of hydrogen-bond acceptors (Lipinski definition) is 2. The van der Waals surface area contributed by atoms with Crippen molar-refractivity contribution in [3.8, 4) is 0 Å². The molecule has 0 bridgehead atoms. The largest absolute Gasteiger partial charge is 0.320 e. The van der Waals surface area contributed by atoms with Crippen LogP contribution in [0.3, 0.4) is 0 Å². The van der Waals surface area contributed by atoms with Gasteiger partial charge < -0.3 is 5.73 Å². The summed E-state index contributed by atoms with van der Waals surface area (Å²) in [6, 6.07) is 15.4. The second-order valence-electron chi connectivity index (χ2n) is 5.55. The van der Waals surface area contributed by atoms with Crippen molar-refractivity contribution in [3.63, 3.8) is 0 Å². The van der Waals surface area contributed by atoms with Crippen LogP contribution in [0.15, 0.2) is 47.8 Å². The van der Waals surface area contributed by atoms with Gasteiger partial charge in [-0.15, -0.1) is 11.3 Å². The molecule has 0 fully saturated rings. The van der Waals surface area contributed by atoms with Gasteiger partial charge in [-0.05, 0) is 58.3 Å². The van der Waals surface area contributed by atoms with Crippen molar-refractivity contribution in [2.75, 3.05) is 0 Å². The summed E-state index contributed by atoms with van der Waals surface area (Å²) >= 11 is 1.78. The highest BCUT2D eigenvalue weighted by atomic mass is 32.1. The highest BCUT2D eigenvalue weighted by Crippen LogP contribution is 2.32. The molecule has 1 aliphatic rings. The third-order valence-electron chi connectivity index (χ3n) is 4.33. The van der Waals surface area contributed by atoms with Crippen LogP contribution < -0.4 is 5.73 Å². The van der Waals surface area contributed by atoms with Crippen LogP contribution in [0.4, 0.5) is 0 Å². The Morgan fingerprint density at radius 2 is 1.90 bits per heavy atom. The Bertz CT molecular complexity index is 772. The predicted octanol–water partition coefficient (Wildman–Crippen LogP) is 4.44. The van der Waals surface area contributed by atoms with Crippen LogP contribution in [0.2, 0.25) is 0 Å². The van der Waals surface area contributed by atoms with Crippen molar-refractivity contribution in [3.05, 3.63) is 70.1 Å². The summed E-state index contributed by atoms with van der Waals surface area (Å²) in [5, 5.41) is 3.44. The minimum atomic E-state index is -0.0248. The summed E-state index contributed by atoms with van der Waals surface area (Å²) in [6.07, 6.45) is 3.72. The molecule has 100 valence electrons. The first kappa shape index (κ1) is 12.1. The van der Waals surface area contributed by atoms with E-state index in [9.17, 15) is 0 Å². The molecule has 3 aromatic rings. The average Bonchev–Trinajstić information content (AvgIpc) is 3.13. The van der Waals surface area contributed by atoms with Crippen LogP contribution in [0, 0.1) is 0 Å². The molecule has 0 radical (unpaired) electrons. The molecule has 1 nitrogen and oxygen atoms in total. The summed E-state index contributed by atoms with van der Waals surface area (Å²) in [7, 11) is 0. The number of nitrogens with two attached hydrogens (primary N) is 1. The monoisotopic (exact) mass is 279 g/mol. The lowest BCUT2D eigenvalue weighted by Crippen LogP contribution is -2.12. The summed E-state index contributed by atoms with van der Waals surface area (Å²) in [5.74, 6) is 0. The molecular weight excluding hydrogens is 262 g/mol. The number of rotatable bonds is 2. The Morgan fingerprint density at radius 3 is 2.85 bits per heavy atom. The molecule has 1 unspecified atom stereocenters. The maximum absolute atomic E-state index is 6.54. The number of hydrogen-bond donors (Lipinski definition) is 1. The predicted molar refractivity (Wildman–Crippen MR) is 86.3 cm³/mol. The van der Waals surface area contributed by atoms with Gasteiger partial charge in [0.05, 0.1) is 6.04 Å². The molecule has 20 heavy (non-hydrogen) atoms. The normalized spacial score (nSPS) is 15.4. The Kier molecular flexibility index (Phi) is 2.86. The van der Waals surface area contributed by atoms with Gasteiger partial charge in [-0.3, -0.25) is 0 Å². The molecular formula is C18H17NS. The van der Waals surface area contributed by atoms with E-state index in [4.69, 9.17) is 5.73 Å². The molecule has 4 rings (SSSR count). The zero-order valence-electron chi connectivity index (χ0n) is 11.3. The minimum Gasteiger partial charge on any atom is -0.320 e. The fourth-order valence-corrected chi connectivity index (χ4v) is 4.18. The van der Waals surface area contributed by atoms with Crippen LogP contribution in [0.5, 0.6) is 0 Å². The first-order valence-electron chi connectivity index (χ1n) is 7.16. The second kappa shape index (κ2) is 4.72. The van der Waals surface area contributed by atoms with Crippen LogP contribution in [-0.4, -0.2) is 0 Å². The lowest BCUT2D eigenvalue weighted by Gasteiger charge is -2.15. The lowest BCUT2D eigenvalue weighted by atomic mass is 9.96. The first-order chi connectivity index (χ1) is 9.83. The fraction of sp³-hybridized carbons (Fsp3) is 0.222. The van der Waals surface area contributed by atoms with E-state index in [0.29, 0.717) is 0 Å². The molecule has 1 aromatic heterocycles. The molecule has 0 spiro atoms. The van der Waals surface area contributed by atoms with Gasteiger partial charge in [-0.1, -0.05) is 36.4 Å². The first-order valence-corrected chi connectivity index (χ1v) is 8.04. The molecule has 0 saturated heterocycles. The van der Waals surface area contributed by atoms with Crippen LogP contribution >= 0.6 is 11.3 Å². The summed E-state index contributed by atoms with van der Waals surface area (Å²) in [6.45, 7) is 0. The topological polar surface area (TPSA) is 26.0 Å². The molecule has 2 N–H and O–H groups in total. The Balaban J connectivity index is 1.80. The quantitative estimate of drug-likeness (QED) is 0.737. The van der Waals surface area contributed by atoms with E-state index in [1.54, 1.807) is 11.3 Å². The van der Waals surface area contributed by atoms with E-state index in [-0.39, 0.29) is 6.04 Å². The second-order valence-corrected chi connectivity index (χ2v) is 6.46. The van der Waals surface area contributed by atoms with E-state index >= 15 is 0 Å². The SMILES string of the molecule is NC(c1ccc2c(c1)CCC2)c1cccc2ccsc12. The molecule has 1 aliphatic carbocycles. The summed E-state index contributed by atoms with van der Waals surface area (Å²) in [5.41, 5.74) is 12.0. The highest BCUT2D eigenvalue weighted by molar-refractivity contribution is 7.17. The fourth-order valence-electron chi connectivity index (χ4n) is 3.23. The zero-order valence-corrected chi connectivity index (χ0v) is 12.1.